The van der Waals surface area contributed by atoms with Crippen LogP contribution in [-0.4, -0.2) is 33.4 Å². The van der Waals surface area contributed by atoms with Crippen LogP contribution in [0.1, 0.15) is 19.3 Å². The summed E-state index contributed by atoms with van der Waals surface area (Å²) in [6.45, 7) is 0.447. The summed E-state index contributed by atoms with van der Waals surface area (Å²) in [7, 11) is -0.274. The summed E-state index contributed by atoms with van der Waals surface area (Å²) in [6, 6.07) is 0. The molecular weight excluding hydrogens is 188 g/mol. The van der Waals surface area contributed by atoms with E-state index < -0.39 is 10.2 Å². The average molecular weight is 204 g/mol. The van der Waals surface area contributed by atoms with Crippen molar-refractivity contribution in [3.8, 4) is 12.3 Å². The fourth-order valence-electron chi connectivity index (χ4n) is 0.682. The van der Waals surface area contributed by atoms with Gasteiger partial charge in [0.25, 0.3) is 10.2 Å². The second-order valence-corrected chi connectivity index (χ2v) is 4.81. The summed E-state index contributed by atoms with van der Waals surface area (Å²) in [5.74, 6) is 2.50. The molecule has 0 aliphatic heterocycles. The van der Waals surface area contributed by atoms with Crippen LogP contribution in [0.15, 0.2) is 0 Å². The van der Waals surface area contributed by atoms with Crippen molar-refractivity contribution in [2.45, 2.75) is 19.3 Å². The number of nitrogens with one attached hydrogen (secondary N) is 1. The molecule has 0 heterocycles. The summed E-state index contributed by atoms with van der Waals surface area (Å²) in [6.07, 6.45) is 7.37. The van der Waals surface area contributed by atoms with Gasteiger partial charge >= 0.3 is 0 Å². The van der Waals surface area contributed by atoms with Crippen LogP contribution in [0.5, 0.6) is 0 Å². The largest absolute Gasteiger partial charge is 0.278 e. The van der Waals surface area contributed by atoms with Crippen LogP contribution in [0.25, 0.3) is 0 Å². The Morgan fingerprint density at radius 3 is 2.46 bits per heavy atom. The molecule has 0 radical (unpaired) electrons. The molecule has 1 N–H and O–H groups in total. The van der Waals surface area contributed by atoms with Crippen molar-refractivity contribution >= 4 is 10.2 Å². The first kappa shape index (κ1) is 12.4. The van der Waals surface area contributed by atoms with E-state index in [9.17, 15) is 8.42 Å². The van der Waals surface area contributed by atoms with E-state index in [-0.39, 0.29) is 0 Å². The van der Waals surface area contributed by atoms with Gasteiger partial charge in [-0.05, 0) is 12.8 Å². The predicted octanol–water partition coefficient (Wildman–Crippen LogP) is 0.186. The van der Waals surface area contributed by atoms with Gasteiger partial charge in [-0.15, -0.1) is 12.3 Å². The lowest BCUT2D eigenvalue weighted by Crippen LogP contribution is -2.36. The maximum absolute atomic E-state index is 11.1. The Balaban J connectivity index is 3.61. The number of terminal acetylenes is 1. The maximum Gasteiger partial charge on any atom is 0.278 e. The Morgan fingerprint density at radius 1 is 1.38 bits per heavy atom. The molecule has 0 aromatic heterocycles. The van der Waals surface area contributed by atoms with Gasteiger partial charge in [0.05, 0.1) is 0 Å². The lowest BCUT2D eigenvalue weighted by molar-refractivity contribution is 0.503. The molecule has 0 aliphatic carbocycles. The maximum atomic E-state index is 11.1. The highest BCUT2D eigenvalue weighted by Gasteiger charge is 2.10. The smallest absolute Gasteiger partial charge is 0.202 e. The standard InChI is InChI=1S/C8H16N2O2S/c1-4-5-6-7-8-9-13(11,12)10(2)3/h1,9H,5-8H2,2-3H3. The molecule has 0 rings (SSSR count). The van der Waals surface area contributed by atoms with Crippen LogP contribution in [0, 0.1) is 12.3 Å². The summed E-state index contributed by atoms with van der Waals surface area (Å²) in [4.78, 5) is 0. The van der Waals surface area contributed by atoms with Crippen molar-refractivity contribution in [2.75, 3.05) is 20.6 Å². The van der Waals surface area contributed by atoms with Crippen LogP contribution < -0.4 is 4.72 Å². The molecule has 0 atom stereocenters. The molecule has 0 bridgehead atoms. The SMILES string of the molecule is C#CCCCCNS(=O)(=O)N(C)C. The molecule has 0 amide bonds. The van der Waals surface area contributed by atoms with E-state index in [1.54, 1.807) is 0 Å². The van der Waals surface area contributed by atoms with Crippen LogP contribution in [0.3, 0.4) is 0 Å². The zero-order valence-electron chi connectivity index (χ0n) is 8.08. The molecule has 0 saturated carbocycles. The first-order valence-electron chi connectivity index (χ1n) is 4.11. The topological polar surface area (TPSA) is 49.4 Å². The minimum atomic E-state index is -3.25. The third kappa shape index (κ3) is 5.64. The fourth-order valence-corrected chi connectivity index (χ4v) is 1.34. The number of rotatable bonds is 6. The van der Waals surface area contributed by atoms with Gasteiger partial charge in [-0.3, -0.25) is 0 Å². The van der Waals surface area contributed by atoms with Gasteiger partial charge in [-0.2, -0.15) is 12.7 Å². The Kier molecular flexibility index (Phi) is 5.71. The second kappa shape index (κ2) is 5.97. The van der Waals surface area contributed by atoms with Gasteiger partial charge in [-0.25, -0.2) is 4.72 Å². The number of nitrogens with zero attached hydrogens (tertiary/aromatic N) is 1. The Morgan fingerprint density at radius 2 is 2.00 bits per heavy atom. The number of hydrogen-bond acceptors (Lipinski definition) is 2. The van der Waals surface area contributed by atoms with E-state index in [4.69, 9.17) is 6.42 Å². The molecule has 0 saturated heterocycles. The quantitative estimate of drug-likeness (QED) is 0.496. The van der Waals surface area contributed by atoms with E-state index in [2.05, 4.69) is 10.6 Å². The van der Waals surface area contributed by atoms with E-state index in [0.29, 0.717) is 13.0 Å². The van der Waals surface area contributed by atoms with Crippen molar-refractivity contribution in [2.24, 2.45) is 0 Å². The van der Waals surface area contributed by atoms with Crippen LogP contribution in [-0.2, 0) is 10.2 Å². The van der Waals surface area contributed by atoms with E-state index in [1.807, 2.05) is 0 Å². The van der Waals surface area contributed by atoms with Gasteiger partial charge < -0.3 is 0 Å². The first-order valence-corrected chi connectivity index (χ1v) is 5.55. The Labute approximate surface area is 80.5 Å². The summed E-state index contributed by atoms with van der Waals surface area (Å²) < 4.78 is 25.9. The summed E-state index contributed by atoms with van der Waals surface area (Å²) in [5.41, 5.74) is 0. The van der Waals surface area contributed by atoms with E-state index >= 15 is 0 Å². The molecule has 4 nitrogen and oxygen atoms in total. The van der Waals surface area contributed by atoms with E-state index in [0.717, 1.165) is 17.1 Å². The summed E-state index contributed by atoms with van der Waals surface area (Å²) in [5, 5.41) is 0. The van der Waals surface area contributed by atoms with Crippen LogP contribution >= 0.6 is 0 Å². The fraction of sp³-hybridized carbons (Fsp3) is 0.750. The average Bonchev–Trinajstić information content (AvgIpc) is 2.03. The molecule has 5 heteroatoms. The number of hydrogen-bond donors (Lipinski definition) is 1. The Bertz CT molecular complexity index is 264. The summed E-state index contributed by atoms with van der Waals surface area (Å²) >= 11 is 0. The zero-order valence-corrected chi connectivity index (χ0v) is 8.89. The highest BCUT2D eigenvalue weighted by molar-refractivity contribution is 7.87. The highest BCUT2D eigenvalue weighted by Crippen LogP contribution is 1.94. The molecule has 0 aromatic carbocycles. The zero-order chi connectivity index (χ0) is 10.3. The van der Waals surface area contributed by atoms with Crippen molar-refractivity contribution in [1.29, 1.82) is 0 Å². The van der Waals surface area contributed by atoms with Gasteiger partial charge in [0.2, 0.25) is 0 Å². The third-order valence-electron chi connectivity index (χ3n) is 1.51. The monoisotopic (exact) mass is 204 g/mol. The predicted molar refractivity (Wildman–Crippen MR) is 53.3 cm³/mol. The van der Waals surface area contributed by atoms with Gasteiger partial charge in [0.15, 0.2) is 0 Å². The molecule has 13 heavy (non-hydrogen) atoms. The molecule has 0 aromatic rings. The van der Waals surface area contributed by atoms with Crippen molar-refractivity contribution in [1.82, 2.24) is 9.03 Å². The van der Waals surface area contributed by atoms with Gasteiger partial charge in [-0.1, -0.05) is 0 Å². The van der Waals surface area contributed by atoms with E-state index in [1.165, 1.54) is 14.1 Å². The molecule has 0 unspecified atom stereocenters. The second-order valence-electron chi connectivity index (χ2n) is 2.84. The lowest BCUT2D eigenvalue weighted by atomic mass is 10.2. The Hall–Kier alpha value is -0.570. The number of unbranched alkanes of at least 4 members (excludes halogenated alkanes) is 2. The van der Waals surface area contributed by atoms with Crippen molar-refractivity contribution in [3.05, 3.63) is 0 Å². The first-order chi connectivity index (χ1) is 6.00. The molecule has 76 valence electrons. The lowest BCUT2D eigenvalue weighted by Gasteiger charge is -2.11. The van der Waals surface area contributed by atoms with Gasteiger partial charge in [0, 0.05) is 27.1 Å². The van der Waals surface area contributed by atoms with Crippen LogP contribution in [0.4, 0.5) is 0 Å². The van der Waals surface area contributed by atoms with Crippen LogP contribution in [0.2, 0.25) is 0 Å². The minimum absolute atomic E-state index is 0.447. The normalized spacial score (nSPS) is 11.5. The highest BCUT2D eigenvalue weighted by atomic mass is 32.2. The third-order valence-corrected chi connectivity index (χ3v) is 3.04. The van der Waals surface area contributed by atoms with Gasteiger partial charge in [0.1, 0.15) is 0 Å². The molecule has 0 spiro atoms. The molecular formula is C8H16N2O2S. The van der Waals surface area contributed by atoms with Crippen molar-refractivity contribution < 1.29 is 8.42 Å². The van der Waals surface area contributed by atoms with Crippen molar-refractivity contribution in [3.63, 3.8) is 0 Å². The molecule has 0 aliphatic rings. The molecule has 0 fully saturated rings. The minimum Gasteiger partial charge on any atom is -0.202 e.